The summed E-state index contributed by atoms with van der Waals surface area (Å²) in [4.78, 5) is 12.3. The summed E-state index contributed by atoms with van der Waals surface area (Å²) in [7, 11) is 0. The van der Waals surface area contributed by atoms with Gasteiger partial charge in [0.1, 0.15) is 17.7 Å². The van der Waals surface area contributed by atoms with Gasteiger partial charge in [0.25, 0.3) is 5.91 Å². The first-order valence-electron chi connectivity index (χ1n) is 7.43. The second-order valence-electron chi connectivity index (χ2n) is 5.25. The summed E-state index contributed by atoms with van der Waals surface area (Å²) < 4.78 is 5.15. The highest BCUT2D eigenvalue weighted by Crippen LogP contribution is 2.34. The van der Waals surface area contributed by atoms with Crippen LogP contribution >= 0.6 is 23.2 Å². The number of hydrogen-bond acceptors (Lipinski definition) is 4. The predicted octanol–water partition coefficient (Wildman–Crippen LogP) is 4.75. The normalized spacial score (nSPS) is 10.6. The Morgan fingerprint density at radius 1 is 1.19 bits per heavy atom. The van der Waals surface area contributed by atoms with Crippen LogP contribution in [-0.4, -0.2) is 12.5 Å². The highest BCUT2D eigenvalue weighted by atomic mass is 35.5. The molecule has 0 aromatic heterocycles. The molecule has 1 amide bonds. The van der Waals surface area contributed by atoms with Gasteiger partial charge in [-0.15, -0.1) is 0 Å². The Hall–Kier alpha value is -2.99. The number of amides is 1. The van der Waals surface area contributed by atoms with Gasteiger partial charge in [0, 0.05) is 5.69 Å². The van der Waals surface area contributed by atoms with Gasteiger partial charge in [-0.1, -0.05) is 40.9 Å². The number of rotatable bonds is 5. The van der Waals surface area contributed by atoms with Crippen molar-refractivity contribution >= 4 is 40.9 Å². The highest BCUT2D eigenvalue weighted by molar-refractivity contribution is 6.37. The molecule has 0 aliphatic rings. The van der Waals surface area contributed by atoms with Crippen molar-refractivity contribution in [3.8, 4) is 17.9 Å². The summed E-state index contributed by atoms with van der Waals surface area (Å²) in [6, 6.07) is 13.9. The lowest BCUT2D eigenvalue weighted by Crippen LogP contribution is -2.13. The fourth-order valence-electron chi connectivity index (χ4n) is 2.06. The molecule has 0 fully saturated rings. The Morgan fingerprint density at radius 3 is 2.35 bits per heavy atom. The lowest BCUT2D eigenvalue weighted by atomic mass is 10.1. The molecule has 0 atom stereocenters. The third kappa shape index (κ3) is 5.00. The van der Waals surface area contributed by atoms with Crippen LogP contribution in [0.25, 0.3) is 6.08 Å². The summed E-state index contributed by atoms with van der Waals surface area (Å²) in [6.07, 6.45) is 1.37. The second-order valence-corrected chi connectivity index (χ2v) is 6.06. The fraction of sp³-hybridized carbons (Fsp3) is 0.105. The number of nitrogens with one attached hydrogen (secondary N) is 1. The van der Waals surface area contributed by atoms with E-state index in [9.17, 15) is 10.1 Å². The minimum atomic E-state index is -0.548. The average Bonchev–Trinajstić information content (AvgIpc) is 2.61. The monoisotopic (exact) mass is 385 g/mol. The van der Waals surface area contributed by atoms with Gasteiger partial charge < -0.3 is 10.1 Å². The van der Waals surface area contributed by atoms with Crippen molar-refractivity contribution in [3.63, 3.8) is 0 Å². The lowest BCUT2D eigenvalue weighted by molar-refractivity contribution is -0.112. The van der Waals surface area contributed by atoms with Crippen LogP contribution < -0.4 is 10.1 Å². The Kier molecular flexibility index (Phi) is 6.63. The first kappa shape index (κ1) is 19.3. The zero-order valence-electron chi connectivity index (χ0n) is 13.7. The average molecular weight is 386 g/mol. The summed E-state index contributed by atoms with van der Waals surface area (Å²) >= 11 is 12.2. The van der Waals surface area contributed by atoms with Crippen LogP contribution in [0.2, 0.25) is 10.0 Å². The SMILES string of the molecule is Cc1ccc(NC(=O)/C(C#N)=C/c2cc(Cl)c(OCC#N)c(Cl)c2)cc1. The van der Waals surface area contributed by atoms with Crippen molar-refractivity contribution in [2.45, 2.75) is 6.92 Å². The molecular weight excluding hydrogens is 373 g/mol. The molecule has 7 heteroatoms. The zero-order chi connectivity index (χ0) is 19.1. The standard InChI is InChI=1S/C19H13Cl2N3O2/c1-12-2-4-15(5-3-12)24-19(25)14(11-23)8-13-9-16(20)18(17(21)10-13)26-7-6-22/h2-5,8-10H,7H2,1H3,(H,24,25)/b14-8+. The molecule has 2 aromatic carbocycles. The summed E-state index contributed by atoms with van der Waals surface area (Å²) in [5, 5.41) is 20.8. The van der Waals surface area contributed by atoms with Crippen LogP contribution in [0.5, 0.6) is 5.75 Å². The van der Waals surface area contributed by atoms with Crippen molar-refractivity contribution in [1.29, 1.82) is 10.5 Å². The first-order valence-corrected chi connectivity index (χ1v) is 8.19. The molecule has 0 saturated heterocycles. The van der Waals surface area contributed by atoms with Gasteiger partial charge in [-0.2, -0.15) is 10.5 Å². The topological polar surface area (TPSA) is 85.9 Å². The number of ether oxygens (including phenoxy) is 1. The van der Waals surface area contributed by atoms with E-state index in [4.69, 9.17) is 33.2 Å². The molecule has 0 saturated carbocycles. The minimum Gasteiger partial charge on any atom is -0.476 e. The zero-order valence-corrected chi connectivity index (χ0v) is 15.2. The van der Waals surface area contributed by atoms with Gasteiger partial charge in [0.05, 0.1) is 10.0 Å². The molecule has 0 unspecified atom stereocenters. The summed E-state index contributed by atoms with van der Waals surface area (Å²) in [5.74, 6) is -0.372. The molecule has 26 heavy (non-hydrogen) atoms. The maximum absolute atomic E-state index is 12.3. The summed E-state index contributed by atoms with van der Waals surface area (Å²) in [5.41, 5.74) is 1.99. The number of nitriles is 2. The molecular formula is C19H13Cl2N3O2. The van der Waals surface area contributed by atoms with Crippen LogP contribution in [0, 0.1) is 29.6 Å². The maximum atomic E-state index is 12.3. The van der Waals surface area contributed by atoms with Crippen molar-refractivity contribution in [3.05, 3.63) is 63.1 Å². The van der Waals surface area contributed by atoms with Crippen LogP contribution in [0.3, 0.4) is 0 Å². The highest BCUT2D eigenvalue weighted by Gasteiger charge is 2.13. The lowest BCUT2D eigenvalue weighted by Gasteiger charge is -2.08. The van der Waals surface area contributed by atoms with Gasteiger partial charge >= 0.3 is 0 Å². The van der Waals surface area contributed by atoms with Crippen LogP contribution in [-0.2, 0) is 4.79 Å². The van der Waals surface area contributed by atoms with Crippen molar-refractivity contribution in [2.24, 2.45) is 0 Å². The molecule has 1 N–H and O–H groups in total. The Morgan fingerprint density at radius 2 is 1.81 bits per heavy atom. The predicted molar refractivity (Wildman–Crippen MR) is 101 cm³/mol. The van der Waals surface area contributed by atoms with Gasteiger partial charge in [-0.25, -0.2) is 0 Å². The third-order valence-electron chi connectivity index (χ3n) is 3.29. The van der Waals surface area contributed by atoms with Crippen molar-refractivity contribution < 1.29 is 9.53 Å². The third-order valence-corrected chi connectivity index (χ3v) is 3.85. The van der Waals surface area contributed by atoms with E-state index in [-0.39, 0.29) is 28.0 Å². The van der Waals surface area contributed by atoms with E-state index in [1.165, 1.54) is 18.2 Å². The number of carbonyl (C=O) groups excluding carboxylic acids is 1. The Bertz CT molecular complexity index is 916. The fourth-order valence-corrected chi connectivity index (χ4v) is 2.67. The molecule has 0 radical (unpaired) electrons. The number of aryl methyl sites for hydroxylation is 1. The van der Waals surface area contributed by atoms with E-state index in [2.05, 4.69) is 5.32 Å². The van der Waals surface area contributed by atoms with Gasteiger partial charge in [-0.05, 0) is 42.8 Å². The van der Waals surface area contributed by atoms with Gasteiger partial charge in [0.2, 0.25) is 0 Å². The van der Waals surface area contributed by atoms with Crippen molar-refractivity contribution in [2.75, 3.05) is 11.9 Å². The van der Waals surface area contributed by atoms with Gasteiger partial charge in [0.15, 0.2) is 12.4 Å². The second kappa shape index (κ2) is 8.92. The molecule has 0 heterocycles. The smallest absolute Gasteiger partial charge is 0.266 e. The van der Waals surface area contributed by atoms with Crippen LogP contribution in [0.4, 0.5) is 5.69 Å². The van der Waals surface area contributed by atoms with E-state index in [1.807, 2.05) is 31.2 Å². The molecule has 0 spiro atoms. The number of hydrogen-bond donors (Lipinski definition) is 1. The van der Waals surface area contributed by atoms with E-state index < -0.39 is 5.91 Å². The minimum absolute atomic E-state index is 0.108. The Labute approximate surface area is 161 Å². The largest absolute Gasteiger partial charge is 0.476 e. The quantitative estimate of drug-likeness (QED) is 0.594. The van der Waals surface area contributed by atoms with Crippen molar-refractivity contribution in [1.82, 2.24) is 0 Å². The van der Waals surface area contributed by atoms with E-state index in [1.54, 1.807) is 12.1 Å². The molecule has 0 aliphatic carbocycles. The number of carbonyl (C=O) groups is 1. The Balaban J connectivity index is 2.25. The molecule has 0 aliphatic heterocycles. The van der Waals surface area contributed by atoms with E-state index in [0.29, 0.717) is 11.3 Å². The maximum Gasteiger partial charge on any atom is 0.266 e. The molecule has 5 nitrogen and oxygen atoms in total. The number of nitrogens with zero attached hydrogens (tertiary/aromatic N) is 2. The number of anilines is 1. The van der Waals surface area contributed by atoms with Gasteiger partial charge in [-0.3, -0.25) is 4.79 Å². The van der Waals surface area contributed by atoms with E-state index >= 15 is 0 Å². The van der Waals surface area contributed by atoms with Crippen LogP contribution in [0.1, 0.15) is 11.1 Å². The van der Waals surface area contributed by atoms with Crippen LogP contribution in [0.15, 0.2) is 42.0 Å². The molecule has 2 aromatic rings. The molecule has 0 bridgehead atoms. The van der Waals surface area contributed by atoms with E-state index in [0.717, 1.165) is 5.56 Å². The molecule has 2 rings (SSSR count). The number of benzene rings is 2. The number of halogens is 2. The summed E-state index contributed by atoms with van der Waals surface area (Å²) in [6.45, 7) is 1.74. The molecule has 130 valence electrons. The first-order chi connectivity index (χ1) is 12.4.